The Morgan fingerprint density at radius 2 is 2.00 bits per heavy atom. The first-order valence-electron chi connectivity index (χ1n) is 7.91. The van der Waals surface area contributed by atoms with Crippen molar-refractivity contribution < 1.29 is 13.9 Å². The minimum Gasteiger partial charge on any atom is -0.439 e. The zero-order valence-corrected chi connectivity index (χ0v) is 15.5. The van der Waals surface area contributed by atoms with Crippen LogP contribution in [-0.4, -0.2) is 10.9 Å². The number of rotatable bonds is 5. The highest BCUT2D eigenvalue weighted by atomic mass is 79.9. The first kappa shape index (κ1) is 18.5. The van der Waals surface area contributed by atoms with Crippen molar-refractivity contribution in [3.05, 3.63) is 88.3 Å². The Morgan fingerprint density at radius 1 is 1.19 bits per heavy atom. The van der Waals surface area contributed by atoms with Gasteiger partial charge in [-0.2, -0.15) is 5.26 Å². The third-order valence-electron chi connectivity index (χ3n) is 3.64. The molecule has 1 unspecified atom stereocenters. The lowest BCUT2D eigenvalue weighted by Gasteiger charge is -2.13. The van der Waals surface area contributed by atoms with Crippen LogP contribution in [0, 0.1) is 17.1 Å². The van der Waals surface area contributed by atoms with E-state index in [0.29, 0.717) is 11.6 Å². The van der Waals surface area contributed by atoms with Gasteiger partial charge in [0.15, 0.2) is 0 Å². The molecule has 134 valence electrons. The number of nitriles is 1. The Balaban J connectivity index is 1.70. The fourth-order valence-corrected chi connectivity index (χ4v) is 2.71. The number of hydrogen-bond donors (Lipinski definition) is 1. The van der Waals surface area contributed by atoms with Crippen molar-refractivity contribution in [3.63, 3.8) is 0 Å². The van der Waals surface area contributed by atoms with Gasteiger partial charge in [0.25, 0.3) is 5.91 Å². The topological polar surface area (TPSA) is 75.0 Å². The zero-order chi connectivity index (χ0) is 19.2. The standard InChI is InChI=1S/C20H13BrFN3O2/c21-14-4-3-5-15(10-14)27-19-9-8-13(12-24-19)20(26)25-18(11-23)16-6-1-2-7-17(16)22/h1-10,12,18H,(H,25,26). The van der Waals surface area contributed by atoms with Gasteiger partial charge in [-0.15, -0.1) is 0 Å². The van der Waals surface area contributed by atoms with E-state index >= 15 is 0 Å². The maximum atomic E-state index is 13.8. The van der Waals surface area contributed by atoms with Crippen LogP contribution in [0.15, 0.2) is 71.3 Å². The molecule has 0 aliphatic rings. The Hall–Kier alpha value is -3.24. The van der Waals surface area contributed by atoms with E-state index < -0.39 is 17.8 Å². The summed E-state index contributed by atoms with van der Waals surface area (Å²) in [6.07, 6.45) is 1.33. The van der Waals surface area contributed by atoms with Crippen LogP contribution in [0.3, 0.4) is 0 Å². The van der Waals surface area contributed by atoms with E-state index in [0.717, 1.165) is 4.47 Å². The van der Waals surface area contributed by atoms with Crippen molar-refractivity contribution in [2.45, 2.75) is 6.04 Å². The molecule has 0 bridgehead atoms. The van der Waals surface area contributed by atoms with Gasteiger partial charge in [0, 0.05) is 22.3 Å². The van der Waals surface area contributed by atoms with Crippen LogP contribution in [0.5, 0.6) is 11.6 Å². The number of carbonyl (C=O) groups is 1. The average Bonchev–Trinajstić information content (AvgIpc) is 2.67. The van der Waals surface area contributed by atoms with E-state index in [2.05, 4.69) is 26.2 Å². The van der Waals surface area contributed by atoms with Crippen molar-refractivity contribution in [1.82, 2.24) is 10.3 Å². The molecular formula is C20H13BrFN3O2. The van der Waals surface area contributed by atoms with Gasteiger partial charge in [0.05, 0.1) is 11.6 Å². The molecule has 0 spiro atoms. The van der Waals surface area contributed by atoms with E-state index in [1.807, 2.05) is 18.2 Å². The number of hydrogen-bond acceptors (Lipinski definition) is 4. The molecule has 0 saturated heterocycles. The van der Waals surface area contributed by atoms with Gasteiger partial charge in [0.2, 0.25) is 5.88 Å². The molecule has 5 nitrogen and oxygen atoms in total. The van der Waals surface area contributed by atoms with E-state index in [-0.39, 0.29) is 11.1 Å². The number of carbonyl (C=O) groups excluding carboxylic acids is 1. The molecule has 0 saturated carbocycles. The Kier molecular flexibility index (Phi) is 5.79. The van der Waals surface area contributed by atoms with Gasteiger partial charge in [-0.3, -0.25) is 4.79 Å². The second-order valence-corrected chi connectivity index (χ2v) is 6.42. The van der Waals surface area contributed by atoms with E-state index in [1.54, 1.807) is 24.3 Å². The lowest BCUT2D eigenvalue weighted by atomic mass is 10.1. The van der Waals surface area contributed by atoms with Crippen LogP contribution in [0.2, 0.25) is 0 Å². The molecule has 27 heavy (non-hydrogen) atoms. The second-order valence-electron chi connectivity index (χ2n) is 5.50. The lowest BCUT2D eigenvalue weighted by molar-refractivity contribution is 0.0944. The van der Waals surface area contributed by atoms with Crippen molar-refractivity contribution in [1.29, 1.82) is 5.26 Å². The number of aromatic nitrogens is 1. The van der Waals surface area contributed by atoms with Gasteiger partial charge in [-0.25, -0.2) is 9.37 Å². The minimum absolute atomic E-state index is 0.107. The molecule has 0 aliphatic carbocycles. The van der Waals surface area contributed by atoms with E-state index in [9.17, 15) is 14.4 Å². The van der Waals surface area contributed by atoms with Gasteiger partial charge < -0.3 is 10.1 Å². The largest absolute Gasteiger partial charge is 0.439 e. The summed E-state index contributed by atoms with van der Waals surface area (Å²) >= 11 is 3.35. The first-order valence-corrected chi connectivity index (χ1v) is 8.70. The highest BCUT2D eigenvalue weighted by molar-refractivity contribution is 9.10. The van der Waals surface area contributed by atoms with Gasteiger partial charge in [-0.1, -0.05) is 40.2 Å². The summed E-state index contributed by atoms with van der Waals surface area (Å²) in [5.41, 5.74) is 0.337. The number of halogens is 2. The molecule has 7 heteroatoms. The number of ether oxygens (including phenoxy) is 1. The number of pyridine rings is 1. The Morgan fingerprint density at radius 3 is 2.67 bits per heavy atom. The lowest BCUT2D eigenvalue weighted by Crippen LogP contribution is -2.28. The number of nitrogens with one attached hydrogen (secondary N) is 1. The minimum atomic E-state index is -1.10. The van der Waals surface area contributed by atoms with E-state index in [1.165, 1.54) is 30.5 Å². The number of benzene rings is 2. The highest BCUT2D eigenvalue weighted by Gasteiger charge is 2.18. The fraction of sp³-hybridized carbons (Fsp3) is 0.0500. The molecule has 3 rings (SSSR count). The smallest absolute Gasteiger partial charge is 0.254 e. The predicted molar refractivity (Wildman–Crippen MR) is 101 cm³/mol. The van der Waals surface area contributed by atoms with Crippen LogP contribution < -0.4 is 10.1 Å². The average molecular weight is 426 g/mol. The molecule has 1 heterocycles. The highest BCUT2D eigenvalue weighted by Crippen LogP contribution is 2.23. The number of amides is 1. The van der Waals surface area contributed by atoms with Crippen molar-refractivity contribution in [2.75, 3.05) is 0 Å². The van der Waals surface area contributed by atoms with Crippen LogP contribution in [-0.2, 0) is 0 Å². The SMILES string of the molecule is N#CC(NC(=O)c1ccc(Oc2cccc(Br)c2)nc1)c1ccccc1F. The summed E-state index contributed by atoms with van der Waals surface area (Å²) in [4.78, 5) is 16.4. The molecule has 2 aromatic carbocycles. The molecular weight excluding hydrogens is 413 g/mol. The molecule has 1 amide bonds. The summed E-state index contributed by atoms with van der Waals surface area (Å²) in [6, 6.07) is 16.9. The second kappa shape index (κ2) is 8.43. The van der Waals surface area contributed by atoms with E-state index in [4.69, 9.17) is 4.74 Å². The summed E-state index contributed by atoms with van der Waals surface area (Å²) < 4.78 is 20.3. The van der Waals surface area contributed by atoms with Crippen LogP contribution in [0.1, 0.15) is 22.0 Å². The van der Waals surface area contributed by atoms with Crippen LogP contribution in [0.25, 0.3) is 0 Å². The Labute approximate surface area is 163 Å². The molecule has 0 aliphatic heterocycles. The van der Waals surface area contributed by atoms with Crippen molar-refractivity contribution in [2.24, 2.45) is 0 Å². The normalized spacial score (nSPS) is 11.3. The zero-order valence-electron chi connectivity index (χ0n) is 13.9. The first-order chi connectivity index (χ1) is 13.1. The molecule has 0 fully saturated rings. The van der Waals surface area contributed by atoms with Crippen molar-refractivity contribution in [3.8, 4) is 17.7 Å². The predicted octanol–water partition coefficient (Wildman–Crippen LogP) is 4.77. The maximum absolute atomic E-state index is 13.8. The summed E-state index contributed by atoms with van der Waals surface area (Å²) in [6.45, 7) is 0. The van der Waals surface area contributed by atoms with Crippen LogP contribution >= 0.6 is 15.9 Å². The molecule has 1 N–H and O–H groups in total. The van der Waals surface area contributed by atoms with Gasteiger partial charge in [0.1, 0.15) is 17.6 Å². The van der Waals surface area contributed by atoms with Gasteiger partial charge in [-0.05, 0) is 30.3 Å². The quantitative estimate of drug-likeness (QED) is 0.638. The maximum Gasteiger partial charge on any atom is 0.254 e. The van der Waals surface area contributed by atoms with Gasteiger partial charge >= 0.3 is 0 Å². The summed E-state index contributed by atoms with van der Waals surface area (Å²) in [5, 5.41) is 11.7. The number of nitrogens with zero attached hydrogens (tertiary/aromatic N) is 2. The molecule has 3 aromatic rings. The Bertz CT molecular complexity index is 1000. The summed E-state index contributed by atoms with van der Waals surface area (Å²) in [5.74, 6) is -0.180. The molecule has 1 aromatic heterocycles. The van der Waals surface area contributed by atoms with Crippen molar-refractivity contribution >= 4 is 21.8 Å². The third-order valence-corrected chi connectivity index (χ3v) is 4.13. The fourth-order valence-electron chi connectivity index (χ4n) is 2.33. The monoisotopic (exact) mass is 425 g/mol. The third kappa shape index (κ3) is 4.68. The van der Waals surface area contributed by atoms with Crippen LogP contribution in [0.4, 0.5) is 4.39 Å². The molecule has 0 radical (unpaired) electrons. The molecule has 1 atom stereocenters. The summed E-state index contributed by atoms with van der Waals surface area (Å²) in [7, 11) is 0.